The van der Waals surface area contributed by atoms with Crippen LogP contribution in [0.4, 0.5) is 0 Å². The Labute approximate surface area is 127 Å². The Morgan fingerprint density at radius 2 is 1.95 bits per heavy atom. The van der Waals surface area contributed by atoms with Gasteiger partial charge >= 0.3 is 0 Å². The Kier molecular flexibility index (Phi) is 4.18. The average molecular weight is 295 g/mol. The molecule has 6 nitrogen and oxygen atoms in total. The first kappa shape index (κ1) is 13.9. The minimum atomic E-state index is -0.249. The minimum absolute atomic E-state index is 0.248. The highest BCUT2D eigenvalue weighted by atomic mass is 16.7. The molecule has 22 heavy (non-hydrogen) atoms. The van der Waals surface area contributed by atoms with Crippen molar-refractivity contribution in [3.63, 3.8) is 0 Å². The first-order valence-corrected chi connectivity index (χ1v) is 6.58. The summed E-state index contributed by atoms with van der Waals surface area (Å²) in [6.45, 7) is 0.248. The molecule has 0 amide bonds. The number of aromatic nitrogens is 2. The minimum Gasteiger partial charge on any atom is -0.481 e. The Morgan fingerprint density at radius 1 is 1.18 bits per heavy atom. The lowest BCUT2D eigenvalue weighted by atomic mass is 10.1. The third-order valence-electron chi connectivity index (χ3n) is 2.88. The van der Waals surface area contributed by atoms with Crippen molar-refractivity contribution in [2.75, 3.05) is 6.61 Å². The number of hydrogen-bond acceptors (Lipinski definition) is 6. The van der Waals surface area contributed by atoms with Crippen LogP contribution >= 0.6 is 0 Å². The molecule has 2 heterocycles. The molecule has 0 fully saturated rings. The summed E-state index contributed by atoms with van der Waals surface area (Å²) in [5.41, 5.74) is 3.69. The zero-order valence-electron chi connectivity index (χ0n) is 11.6. The van der Waals surface area contributed by atoms with Crippen molar-refractivity contribution < 1.29 is 14.3 Å². The van der Waals surface area contributed by atoms with Gasteiger partial charge in [0.25, 0.3) is 0 Å². The molecule has 0 bridgehead atoms. The molecule has 1 unspecified atom stereocenters. The second kappa shape index (κ2) is 6.61. The standard InChI is InChI=1S/C16H13N3O3/c1-2-7-20-13-5-3-12(4-6-13)15-8-16(19-22-15)21-14-9-17-11-18-10-14/h1,3-6,8-11,15,19H,7H2. The number of nitrogens with zero attached hydrogens (tertiary/aromatic N) is 2. The van der Waals surface area contributed by atoms with Gasteiger partial charge in [0.1, 0.15) is 24.8 Å². The number of rotatable bonds is 5. The summed E-state index contributed by atoms with van der Waals surface area (Å²) in [4.78, 5) is 13.2. The summed E-state index contributed by atoms with van der Waals surface area (Å²) in [5.74, 6) is 4.16. The van der Waals surface area contributed by atoms with E-state index >= 15 is 0 Å². The number of terminal acetylenes is 1. The molecule has 0 saturated heterocycles. The summed E-state index contributed by atoms with van der Waals surface area (Å²) in [5, 5.41) is 0. The largest absolute Gasteiger partial charge is 0.481 e. The number of hydroxylamine groups is 1. The van der Waals surface area contributed by atoms with Crippen LogP contribution in [0.2, 0.25) is 0 Å². The van der Waals surface area contributed by atoms with E-state index in [4.69, 9.17) is 20.7 Å². The maximum atomic E-state index is 5.56. The first-order chi connectivity index (χ1) is 10.8. The van der Waals surface area contributed by atoms with Gasteiger partial charge in [-0.05, 0) is 17.7 Å². The van der Waals surface area contributed by atoms with Gasteiger partial charge < -0.3 is 9.47 Å². The SMILES string of the molecule is C#CCOc1ccc(C2C=C(Oc3cncnc3)NO2)cc1. The number of ether oxygens (including phenoxy) is 2. The van der Waals surface area contributed by atoms with Crippen molar-refractivity contribution in [3.8, 4) is 23.8 Å². The van der Waals surface area contributed by atoms with E-state index in [1.54, 1.807) is 12.4 Å². The normalized spacial score (nSPS) is 16.3. The van der Waals surface area contributed by atoms with E-state index in [2.05, 4.69) is 21.4 Å². The van der Waals surface area contributed by atoms with E-state index in [1.807, 2.05) is 30.3 Å². The second-order valence-corrected chi connectivity index (χ2v) is 4.41. The van der Waals surface area contributed by atoms with Gasteiger partial charge in [-0.2, -0.15) is 0 Å². The predicted octanol–water partition coefficient (Wildman–Crippen LogP) is 1.98. The summed E-state index contributed by atoms with van der Waals surface area (Å²) in [7, 11) is 0. The zero-order chi connectivity index (χ0) is 15.2. The Bertz CT molecular complexity index is 693. The molecule has 0 spiro atoms. The average Bonchev–Trinajstić information content (AvgIpc) is 3.03. The van der Waals surface area contributed by atoms with Crippen molar-refractivity contribution in [1.82, 2.24) is 15.4 Å². The Balaban J connectivity index is 1.65. The quantitative estimate of drug-likeness (QED) is 0.851. The molecule has 1 aromatic carbocycles. The highest BCUT2D eigenvalue weighted by Gasteiger charge is 2.20. The molecule has 1 aromatic heterocycles. The molecule has 2 aromatic rings. The fourth-order valence-electron chi connectivity index (χ4n) is 1.89. The molecule has 6 heteroatoms. The van der Waals surface area contributed by atoms with Crippen LogP contribution in [0.15, 0.2) is 54.9 Å². The maximum Gasteiger partial charge on any atom is 0.216 e. The predicted molar refractivity (Wildman–Crippen MR) is 78.5 cm³/mol. The molecule has 1 aliphatic heterocycles. The van der Waals surface area contributed by atoms with Crippen molar-refractivity contribution in [2.24, 2.45) is 0 Å². The third-order valence-corrected chi connectivity index (χ3v) is 2.88. The van der Waals surface area contributed by atoms with Crippen LogP contribution in [-0.4, -0.2) is 16.6 Å². The summed E-state index contributed by atoms with van der Waals surface area (Å²) < 4.78 is 10.9. The highest BCUT2D eigenvalue weighted by Crippen LogP contribution is 2.26. The summed E-state index contributed by atoms with van der Waals surface area (Å²) in [6.07, 6.45) is 11.3. The van der Waals surface area contributed by atoms with Gasteiger partial charge in [-0.3, -0.25) is 4.84 Å². The fraction of sp³-hybridized carbons (Fsp3) is 0.125. The number of nitrogens with one attached hydrogen (secondary N) is 1. The summed E-state index contributed by atoms with van der Waals surface area (Å²) >= 11 is 0. The number of benzene rings is 1. The van der Waals surface area contributed by atoms with Gasteiger partial charge in [-0.1, -0.05) is 18.1 Å². The van der Waals surface area contributed by atoms with Crippen molar-refractivity contribution in [2.45, 2.75) is 6.10 Å². The Morgan fingerprint density at radius 3 is 2.68 bits per heavy atom. The van der Waals surface area contributed by atoms with Crippen LogP contribution < -0.4 is 15.0 Å². The monoisotopic (exact) mass is 295 g/mol. The molecule has 110 valence electrons. The van der Waals surface area contributed by atoms with Gasteiger partial charge in [0.2, 0.25) is 5.88 Å². The van der Waals surface area contributed by atoms with Crippen molar-refractivity contribution >= 4 is 0 Å². The van der Waals surface area contributed by atoms with Gasteiger partial charge in [-0.15, -0.1) is 6.42 Å². The molecule has 0 saturated carbocycles. The molecular weight excluding hydrogens is 282 g/mol. The fourth-order valence-corrected chi connectivity index (χ4v) is 1.89. The van der Waals surface area contributed by atoms with Crippen LogP contribution in [0.25, 0.3) is 0 Å². The van der Waals surface area contributed by atoms with Crippen LogP contribution in [0.5, 0.6) is 11.5 Å². The maximum absolute atomic E-state index is 5.56. The molecule has 0 aliphatic carbocycles. The van der Waals surface area contributed by atoms with Crippen molar-refractivity contribution in [3.05, 3.63) is 60.5 Å². The van der Waals surface area contributed by atoms with Gasteiger partial charge in [0.05, 0.1) is 12.4 Å². The lowest BCUT2D eigenvalue weighted by Gasteiger charge is -2.08. The Hall–Kier alpha value is -3.04. The van der Waals surface area contributed by atoms with E-state index in [9.17, 15) is 0 Å². The van der Waals surface area contributed by atoms with E-state index < -0.39 is 0 Å². The molecule has 3 rings (SSSR count). The third kappa shape index (κ3) is 3.34. The van der Waals surface area contributed by atoms with Crippen LogP contribution in [0, 0.1) is 12.3 Å². The molecule has 1 atom stereocenters. The molecule has 1 aliphatic rings. The van der Waals surface area contributed by atoms with E-state index in [1.165, 1.54) is 6.33 Å². The van der Waals surface area contributed by atoms with Crippen LogP contribution in [0.3, 0.4) is 0 Å². The lowest BCUT2D eigenvalue weighted by molar-refractivity contribution is 0.0272. The topological polar surface area (TPSA) is 65.5 Å². The van der Waals surface area contributed by atoms with Gasteiger partial charge in [-0.25, -0.2) is 15.4 Å². The zero-order valence-corrected chi connectivity index (χ0v) is 11.6. The smallest absolute Gasteiger partial charge is 0.216 e. The van der Waals surface area contributed by atoms with Crippen LogP contribution in [-0.2, 0) is 4.84 Å². The molecular formula is C16H13N3O3. The highest BCUT2D eigenvalue weighted by molar-refractivity contribution is 5.31. The number of hydrogen-bond donors (Lipinski definition) is 1. The van der Waals surface area contributed by atoms with E-state index in [-0.39, 0.29) is 12.7 Å². The van der Waals surface area contributed by atoms with Gasteiger partial charge in [0, 0.05) is 6.08 Å². The first-order valence-electron chi connectivity index (χ1n) is 6.58. The van der Waals surface area contributed by atoms with Crippen molar-refractivity contribution in [1.29, 1.82) is 0 Å². The van der Waals surface area contributed by atoms with Crippen LogP contribution in [0.1, 0.15) is 11.7 Å². The molecule has 0 radical (unpaired) electrons. The van der Waals surface area contributed by atoms with E-state index in [0.717, 1.165) is 11.3 Å². The summed E-state index contributed by atoms with van der Waals surface area (Å²) in [6, 6.07) is 7.49. The second-order valence-electron chi connectivity index (χ2n) is 4.41. The lowest BCUT2D eigenvalue weighted by Crippen LogP contribution is -2.12. The molecule has 1 N–H and O–H groups in total. The van der Waals surface area contributed by atoms with E-state index in [0.29, 0.717) is 11.6 Å². The van der Waals surface area contributed by atoms with Gasteiger partial charge in [0.15, 0.2) is 5.75 Å².